The highest BCUT2D eigenvalue weighted by atomic mass is 35.5. The summed E-state index contributed by atoms with van der Waals surface area (Å²) in [6, 6.07) is 10.8. The van der Waals surface area contributed by atoms with Gasteiger partial charge in [-0.05, 0) is 35.9 Å². The summed E-state index contributed by atoms with van der Waals surface area (Å²) in [7, 11) is 1.69. The third kappa shape index (κ3) is 4.53. The number of rotatable bonds is 4. The quantitative estimate of drug-likeness (QED) is 0.926. The molecule has 2 amide bonds. The van der Waals surface area contributed by atoms with Crippen molar-refractivity contribution in [1.29, 1.82) is 0 Å². The average Bonchev–Trinajstić information content (AvgIpc) is 2.49. The Bertz CT molecular complexity index is 749. The number of halogens is 2. The molecule has 0 saturated carbocycles. The fraction of sp³-hybridized carbons (Fsp3) is 0.176. The van der Waals surface area contributed by atoms with Gasteiger partial charge in [0.15, 0.2) is 0 Å². The van der Waals surface area contributed by atoms with Gasteiger partial charge in [-0.2, -0.15) is 0 Å². The van der Waals surface area contributed by atoms with Crippen molar-refractivity contribution in [2.24, 2.45) is 0 Å². The van der Waals surface area contributed by atoms with Gasteiger partial charge in [0, 0.05) is 31.2 Å². The van der Waals surface area contributed by atoms with E-state index in [9.17, 15) is 14.0 Å². The lowest BCUT2D eigenvalue weighted by Crippen LogP contribution is -2.23. The van der Waals surface area contributed by atoms with Crippen molar-refractivity contribution in [3.05, 3.63) is 64.4 Å². The molecule has 2 aromatic rings. The van der Waals surface area contributed by atoms with Gasteiger partial charge in [0.2, 0.25) is 5.91 Å². The minimum Gasteiger partial charge on any atom is -0.342 e. The van der Waals surface area contributed by atoms with Crippen LogP contribution in [-0.2, 0) is 11.3 Å². The number of nitrogens with zero attached hydrogens (tertiary/aromatic N) is 1. The number of carbonyl (C=O) groups is 2. The first-order chi connectivity index (χ1) is 10.9. The van der Waals surface area contributed by atoms with Gasteiger partial charge < -0.3 is 10.2 Å². The van der Waals surface area contributed by atoms with Gasteiger partial charge in [0.1, 0.15) is 5.82 Å². The van der Waals surface area contributed by atoms with Crippen LogP contribution in [0.15, 0.2) is 42.5 Å². The van der Waals surface area contributed by atoms with E-state index in [1.807, 2.05) is 6.07 Å². The minimum absolute atomic E-state index is 0.0552. The third-order valence-electron chi connectivity index (χ3n) is 3.32. The van der Waals surface area contributed by atoms with E-state index in [1.165, 1.54) is 19.1 Å². The third-order valence-corrected chi connectivity index (χ3v) is 3.55. The predicted molar refractivity (Wildman–Crippen MR) is 88.0 cm³/mol. The van der Waals surface area contributed by atoms with Crippen molar-refractivity contribution in [3.8, 4) is 0 Å². The molecule has 120 valence electrons. The maximum atomic E-state index is 13.7. The van der Waals surface area contributed by atoms with Gasteiger partial charge >= 0.3 is 0 Å². The largest absolute Gasteiger partial charge is 0.342 e. The maximum Gasteiger partial charge on any atom is 0.258 e. The second kappa shape index (κ2) is 7.24. The summed E-state index contributed by atoms with van der Waals surface area (Å²) in [5.74, 6) is -1.28. The second-order valence-corrected chi connectivity index (χ2v) is 5.59. The molecule has 0 aliphatic heterocycles. The number of nitrogens with one attached hydrogen (secondary N) is 1. The smallest absolute Gasteiger partial charge is 0.258 e. The van der Waals surface area contributed by atoms with Crippen molar-refractivity contribution < 1.29 is 14.0 Å². The van der Waals surface area contributed by atoms with E-state index < -0.39 is 11.7 Å². The zero-order valence-electron chi connectivity index (χ0n) is 12.8. The first-order valence-corrected chi connectivity index (χ1v) is 7.31. The molecule has 0 unspecified atom stereocenters. The van der Waals surface area contributed by atoms with Crippen LogP contribution in [0.5, 0.6) is 0 Å². The zero-order valence-corrected chi connectivity index (χ0v) is 13.5. The molecule has 0 atom stereocenters. The van der Waals surface area contributed by atoms with E-state index in [0.717, 1.165) is 11.6 Å². The van der Waals surface area contributed by atoms with E-state index in [4.69, 9.17) is 11.6 Å². The van der Waals surface area contributed by atoms with E-state index in [0.29, 0.717) is 12.2 Å². The lowest BCUT2D eigenvalue weighted by molar-refractivity contribution is -0.128. The van der Waals surface area contributed by atoms with Crippen LogP contribution in [0.3, 0.4) is 0 Å². The van der Waals surface area contributed by atoms with E-state index >= 15 is 0 Å². The molecule has 2 rings (SSSR count). The van der Waals surface area contributed by atoms with Crippen LogP contribution < -0.4 is 5.32 Å². The number of benzene rings is 2. The molecule has 1 N–H and O–H groups in total. The van der Waals surface area contributed by atoms with Crippen LogP contribution in [-0.4, -0.2) is 23.8 Å². The Morgan fingerprint density at radius 1 is 1.22 bits per heavy atom. The summed E-state index contributed by atoms with van der Waals surface area (Å²) in [4.78, 5) is 25.0. The molecule has 0 aliphatic carbocycles. The van der Waals surface area contributed by atoms with Crippen LogP contribution in [0.2, 0.25) is 5.02 Å². The lowest BCUT2D eigenvalue weighted by atomic mass is 10.1. The molecule has 0 aliphatic rings. The molecule has 0 heterocycles. The SMILES string of the molecule is CC(=O)N(C)Cc1cccc(NC(=O)c2cc(Cl)ccc2F)c1. The van der Waals surface area contributed by atoms with Gasteiger partial charge in [-0.15, -0.1) is 0 Å². The first-order valence-electron chi connectivity index (χ1n) is 6.94. The Kier molecular flexibility index (Phi) is 5.34. The average molecular weight is 335 g/mol. The van der Waals surface area contributed by atoms with Crippen molar-refractivity contribution in [2.45, 2.75) is 13.5 Å². The molecular formula is C17H16ClFN2O2. The Hall–Kier alpha value is -2.40. The van der Waals surface area contributed by atoms with Crippen molar-refractivity contribution in [3.63, 3.8) is 0 Å². The highest BCUT2D eigenvalue weighted by molar-refractivity contribution is 6.31. The molecule has 0 radical (unpaired) electrons. The molecule has 23 heavy (non-hydrogen) atoms. The van der Waals surface area contributed by atoms with Crippen molar-refractivity contribution in [2.75, 3.05) is 12.4 Å². The zero-order chi connectivity index (χ0) is 17.0. The monoisotopic (exact) mass is 334 g/mol. The van der Waals surface area contributed by atoms with Crippen molar-refractivity contribution >= 4 is 29.1 Å². The molecule has 0 aromatic heterocycles. The van der Waals surface area contributed by atoms with Crippen molar-refractivity contribution in [1.82, 2.24) is 4.90 Å². The molecule has 4 nitrogen and oxygen atoms in total. The summed E-state index contributed by atoms with van der Waals surface area (Å²) in [6.07, 6.45) is 0. The Morgan fingerprint density at radius 2 is 1.96 bits per heavy atom. The number of carbonyl (C=O) groups excluding carboxylic acids is 2. The second-order valence-electron chi connectivity index (χ2n) is 5.15. The van der Waals surface area contributed by atoms with Crippen LogP contribution >= 0.6 is 11.6 Å². The Labute approximate surface area is 138 Å². The fourth-order valence-electron chi connectivity index (χ4n) is 2.00. The van der Waals surface area contributed by atoms with Gasteiger partial charge in [-0.3, -0.25) is 9.59 Å². The van der Waals surface area contributed by atoms with E-state index in [-0.39, 0.29) is 16.5 Å². The number of anilines is 1. The Balaban J connectivity index is 2.15. The molecule has 2 aromatic carbocycles. The highest BCUT2D eigenvalue weighted by Gasteiger charge is 2.13. The molecule has 0 bridgehead atoms. The van der Waals surface area contributed by atoms with Crippen LogP contribution in [0.4, 0.5) is 10.1 Å². The van der Waals surface area contributed by atoms with Crippen LogP contribution in [0, 0.1) is 5.82 Å². The van der Waals surface area contributed by atoms with Crippen LogP contribution in [0.25, 0.3) is 0 Å². The molecular weight excluding hydrogens is 319 g/mol. The molecule has 0 spiro atoms. The lowest BCUT2D eigenvalue weighted by Gasteiger charge is -2.15. The van der Waals surface area contributed by atoms with Gasteiger partial charge in [0.05, 0.1) is 5.56 Å². The summed E-state index contributed by atoms with van der Waals surface area (Å²) in [5.41, 5.74) is 1.25. The molecule has 0 fully saturated rings. The Morgan fingerprint density at radius 3 is 2.65 bits per heavy atom. The van der Waals surface area contributed by atoms with E-state index in [2.05, 4.69) is 5.32 Å². The minimum atomic E-state index is -0.639. The number of hydrogen-bond acceptors (Lipinski definition) is 2. The summed E-state index contributed by atoms with van der Waals surface area (Å²) >= 11 is 5.79. The predicted octanol–water partition coefficient (Wildman–Crippen LogP) is 3.71. The van der Waals surface area contributed by atoms with Crippen LogP contribution in [0.1, 0.15) is 22.8 Å². The maximum absolute atomic E-state index is 13.7. The van der Waals surface area contributed by atoms with Gasteiger partial charge in [-0.1, -0.05) is 23.7 Å². The standard InChI is InChI=1S/C17H16ClFN2O2/c1-11(22)21(2)10-12-4-3-5-14(8-12)20-17(23)15-9-13(18)6-7-16(15)19/h3-9H,10H2,1-2H3,(H,20,23). The van der Waals surface area contributed by atoms with E-state index in [1.54, 1.807) is 30.1 Å². The normalized spacial score (nSPS) is 10.3. The number of amides is 2. The molecule has 0 saturated heterocycles. The van der Waals surface area contributed by atoms with Gasteiger partial charge in [-0.25, -0.2) is 4.39 Å². The topological polar surface area (TPSA) is 49.4 Å². The summed E-state index contributed by atoms with van der Waals surface area (Å²) in [6.45, 7) is 1.90. The summed E-state index contributed by atoms with van der Waals surface area (Å²) in [5, 5.41) is 2.91. The number of hydrogen-bond donors (Lipinski definition) is 1. The highest BCUT2D eigenvalue weighted by Crippen LogP contribution is 2.18. The first kappa shape index (κ1) is 17.0. The van der Waals surface area contributed by atoms with Gasteiger partial charge in [0.25, 0.3) is 5.91 Å². The molecule has 6 heteroatoms. The fourth-order valence-corrected chi connectivity index (χ4v) is 2.17. The summed E-state index contributed by atoms with van der Waals surface area (Å²) < 4.78 is 13.7.